The summed E-state index contributed by atoms with van der Waals surface area (Å²) < 4.78 is 5.09. The van der Waals surface area contributed by atoms with Crippen LogP contribution in [0.2, 0.25) is 0 Å². The third-order valence-corrected chi connectivity index (χ3v) is 4.99. The van der Waals surface area contributed by atoms with Crippen LogP contribution in [0.5, 0.6) is 0 Å². The van der Waals surface area contributed by atoms with Gasteiger partial charge in [-0.05, 0) is 56.8 Å². The molecule has 0 saturated carbocycles. The number of rotatable bonds is 7. The van der Waals surface area contributed by atoms with Crippen LogP contribution >= 0.6 is 0 Å². The first-order chi connectivity index (χ1) is 11.9. The number of furan rings is 1. The van der Waals surface area contributed by atoms with Crippen LogP contribution in [0.25, 0.3) is 0 Å². The summed E-state index contributed by atoms with van der Waals surface area (Å²) in [5.41, 5.74) is 0. The predicted molar refractivity (Wildman–Crippen MR) is 97.2 cm³/mol. The number of likely N-dealkylation sites (tertiary alicyclic amines) is 1. The molecule has 2 rings (SSSR count). The molecule has 0 unspecified atom stereocenters. The molecule has 0 aromatic carbocycles. The quantitative estimate of drug-likeness (QED) is 0.792. The molecule has 2 atom stereocenters. The minimum atomic E-state index is -0.578. The number of nitrogens with zero attached hydrogens (tertiary/aromatic N) is 1. The summed E-state index contributed by atoms with van der Waals surface area (Å²) >= 11 is 0. The van der Waals surface area contributed by atoms with E-state index in [2.05, 4.69) is 29.4 Å². The van der Waals surface area contributed by atoms with Gasteiger partial charge in [-0.15, -0.1) is 0 Å². The Bertz CT molecular complexity index is 548. The molecule has 1 aromatic heterocycles. The SMILES string of the molecule is CC1CCN([C@@H](C)CNC(=O)[C@H](NC(=O)c2ccco2)C(C)C)CC1. The van der Waals surface area contributed by atoms with E-state index in [0.717, 1.165) is 19.0 Å². The van der Waals surface area contributed by atoms with E-state index in [9.17, 15) is 9.59 Å². The van der Waals surface area contributed by atoms with Gasteiger partial charge in [-0.25, -0.2) is 0 Å². The predicted octanol–water partition coefficient (Wildman–Crippen LogP) is 2.27. The Morgan fingerprint density at radius 2 is 1.96 bits per heavy atom. The molecule has 1 aliphatic heterocycles. The number of carbonyl (C=O) groups is 2. The summed E-state index contributed by atoms with van der Waals surface area (Å²) in [5, 5.41) is 5.77. The minimum Gasteiger partial charge on any atom is -0.459 e. The van der Waals surface area contributed by atoms with Crippen molar-refractivity contribution >= 4 is 11.8 Å². The van der Waals surface area contributed by atoms with E-state index in [-0.39, 0.29) is 23.5 Å². The average molecular weight is 349 g/mol. The van der Waals surface area contributed by atoms with Crippen molar-refractivity contribution in [2.24, 2.45) is 11.8 Å². The molecule has 2 N–H and O–H groups in total. The Kier molecular flexibility index (Phi) is 7.05. The molecule has 6 nitrogen and oxygen atoms in total. The summed E-state index contributed by atoms with van der Waals surface area (Å²) in [5.74, 6) is 0.489. The maximum absolute atomic E-state index is 12.6. The minimum absolute atomic E-state index is 0.00921. The first kappa shape index (κ1) is 19.5. The summed E-state index contributed by atoms with van der Waals surface area (Å²) in [4.78, 5) is 27.1. The molecular weight excluding hydrogens is 318 g/mol. The highest BCUT2D eigenvalue weighted by molar-refractivity contribution is 5.95. The number of hydrogen-bond donors (Lipinski definition) is 2. The molecular formula is C19H31N3O3. The van der Waals surface area contributed by atoms with Crippen molar-refractivity contribution in [2.45, 2.75) is 52.6 Å². The number of hydrogen-bond acceptors (Lipinski definition) is 4. The Morgan fingerprint density at radius 3 is 2.52 bits per heavy atom. The third kappa shape index (κ3) is 5.59. The van der Waals surface area contributed by atoms with Crippen LogP contribution < -0.4 is 10.6 Å². The fourth-order valence-corrected chi connectivity index (χ4v) is 3.11. The molecule has 2 heterocycles. The van der Waals surface area contributed by atoms with Crippen molar-refractivity contribution in [1.29, 1.82) is 0 Å². The van der Waals surface area contributed by atoms with E-state index in [0.29, 0.717) is 12.6 Å². The van der Waals surface area contributed by atoms with Gasteiger partial charge in [0, 0.05) is 12.6 Å². The largest absolute Gasteiger partial charge is 0.459 e. The first-order valence-electron chi connectivity index (χ1n) is 9.24. The monoisotopic (exact) mass is 349 g/mol. The molecule has 0 aliphatic carbocycles. The average Bonchev–Trinajstić information content (AvgIpc) is 3.12. The summed E-state index contributed by atoms with van der Waals surface area (Å²) in [6.07, 6.45) is 3.87. The van der Waals surface area contributed by atoms with E-state index in [1.54, 1.807) is 12.1 Å². The van der Waals surface area contributed by atoms with E-state index in [4.69, 9.17) is 4.42 Å². The van der Waals surface area contributed by atoms with Crippen LogP contribution in [0.15, 0.2) is 22.8 Å². The van der Waals surface area contributed by atoms with E-state index in [1.165, 1.54) is 19.1 Å². The van der Waals surface area contributed by atoms with Crippen molar-refractivity contribution in [1.82, 2.24) is 15.5 Å². The van der Waals surface area contributed by atoms with Crippen LogP contribution in [0.1, 0.15) is 51.1 Å². The van der Waals surface area contributed by atoms with Crippen LogP contribution in [0.4, 0.5) is 0 Å². The van der Waals surface area contributed by atoms with Gasteiger partial charge in [-0.3, -0.25) is 14.5 Å². The highest BCUT2D eigenvalue weighted by Crippen LogP contribution is 2.17. The molecule has 0 spiro atoms. The number of nitrogens with one attached hydrogen (secondary N) is 2. The van der Waals surface area contributed by atoms with Crippen LogP contribution in [-0.2, 0) is 4.79 Å². The lowest BCUT2D eigenvalue weighted by atomic mass is 9.98. The topological polar surface area (TPSA) is 74.6 Å². The standard InChI is InChI=1S/C19H31N3O3/c1-13(2)17(21-18(23)16-6-5-11-25-16)19(24)20-12-15(4)22-9-7-14(3)8-10-22/h5-6,11,13-15,17H,7-10,12H2,1-4H3,(H,20,24)(H,21,23)/t15-,17+/m0/s1. The number of carbonyl (C=O) groups excluding carboxylic acids is 2. The molecule has 0 radical (unpaired) electrons. The summed E-state index contributed by atoms with van der Waals surface area (Å²) in [6, 6.07) is 2.96. The zero-order valence-corrected chi connectivity index (χ0v) is 15.7. The lowest BCUT2D eigenvalue weighted by molar-refractivity contribution is -0.124. The van der Waals surface area contributed by atoms with Crippen molar-refractivity contribution in [3.05, 3.63) is 24.2 Å². The molecule has 140 valence electrons. The van der Waals surface area contributed by atoms with Gasteiger partial charge in [0.25, 0.3) is 5.91 Å². The van der Waals surface area contributed by atoms with E-state index >= 15 is 0 Å². The maximum Gasteiger partial charge on any atom is 0.287 e. The Morgan fingerprint density at radius 1 is 1.28 bits per heavy atom. The highest BCUT2D eigenvalue weighted by Gasteiger charge is 2.27. The van der Waals surface area contributed by atoms with Crippen LogP contribution in [-0.4, -0.2) is 48.4 Å². The molecule has 0 bridgehead atoms. The first-order valence-corrected chi connectivity index (χ1v) is 9.24. The maximum atomic E-state index is 12.6. The van der Waals surface area contributed by atoms with Crippen molar-refractivity contribution in [2.75, 3.05) is 19.6 Å². The van der Waals surface area contributed by atoms with E-state index in [1.807, 2.05) is 13.8 Å². The van der Waals surface area contributed by atoms with Gasteiger partial charge in [0.1, 0.15) is 6.04 Å². The third-order valence-electron chi connectivity index (χ3n) is 4.99. The molecule has 1 aliphatic rings. The zero-order valence-electron chi connectivity index (χ0n) is 15.7. The second-order valence-electron chi connectivity index (χ2n) is 7.49. The molecule has 1 aromatic rings. The molecule has 6 heteroatoms. The van der Waals surface area contributed by atoms with Gasteiger partial charge in [-0.2, -0.15) is 0 Å². The number of piperidine rings is 1. The fraction of sp³-hybridized carbons (Fsp3) is 0.684. The fourth-order valence-electron chi connectivity index (χ4n) is 3.11. The lowest BCUT2D eigenvalue weighted by Gasteiger charge is -2.35. The second kappa shape index (κ2) is 9.04. The van der Waals surface area contributed by atoms with Gasteiger partial charge in [0.15, 0.2) is 5.76 Å². The van der Waals surface area contributed by atoms with Crippen molar-refractivity contribution in [3.8, 4) is 0 Å². The number of amides is 2. The van der Waals surface area contributed by atoms with Gasteiger partial charge < -0.3 is 15.1 Å². The molecule has 1 fully saturated rings. The van der Waals surface area contributed by atoms with Crippen LogP contribution in [0.3, 0.4) is 0 Å². The second-order valence-corrected chi connectivity index (χ2v) is 7.49. The molecule has 2 amide bonds. The van der Waals surface area contributed by atoms with Gasteiger partial charge in [0.2, 0.25) is 5.91 Å². The normalized spacial score (nSPS) is 18.8. The summed E-state index contributed by atoms with van der Waals surface area (Å²) in [7, 11) is 0. The van der Waals surface area contributed by atoms with Gasteiger partial charge >= 0.3 is 0 Å². The highest BCUT2D eigenvalue weighted by atomic mass is 16.3. The van der Waals surface area contributed by atoms with Gasteiger partial charge in [0.05, 0.1) is 6.26 Å². The van der Waals surface area contributed by atoms with Gasteiger partial charge in [-0.1, -0.05) is 20.8 Å². The molecule has 25 heavy (non-hydrogen) atoms. The van der Waals surface area contributed by atoms with Crippen LogP contribution in [0, 0.1) is 11.8 Å². The van der Waals surface area contributed by atoms with Crippen molar-refractivity contribution < 1.29 is 14.0 Å². The van der Waals surface area contributed by atoms with E-state index < -0.39 is 6.04 Å². The Labute approximate surface area is 150 Å². The Balaban J connectivity index is 1.84. The summed E-state index contributed by atoms with van der Waals surface area (Å²) in [6.45, 7) is 11.0. The smallest absolute Gasteiger partial charge is 0.287 e. The molecule has 1 saturated heterocycles. The zero-order chi connectivity index (χ0) is 18.4. The Hall–Kier alpha value is -1.82. The van der Waals surface area contributed by atoms with Crippen molar-refractivity contribution in [3.63, 3.8) is 0 Å². The lowest BCUT2D eigenvalue weighted by Crippen LogP contribution is -2.52.